The van der Waals surface area contributed by atoms with Gasteiger partial charge in [-0.3, -0.25) is 0 Å². The number of aromatic nitrogens is 1. The van der Waals surface area contributed by atoms with Gasteiger partial charge in [-0.05, 0) is 19.2 Å². The number of hydrogen-bond donors (Lipinski definition) is 1. The van der Waals surface area contributed by atoms with Gasteiger partial charge in [0.05, 0.1) is 0 Å². The van der Waals surface area contributed by atoms with Crippen LogP contribution in [-0.4, -0.2) is 12.0 Å². The van der Waals surface area contributed by atoms with Crippen molar-refractivity contribution in [3.8, 4) is 5.75 Å². The van der Waals surface area contributed by atoms with Crippen molar-refractivity contribution >= 4 is 11.6 Å². The second-order valence-corrected chi connectivity index (χ2v) is 4.30. The van der Waals surface area contributed by atoms with E-state index >= 15 is 0 Å². The average Bonchev–Trinajstić information content (AvgIpc) is 2.40. The number of rotatable bonds is 5. The summed E-state index contributed by atoms with van der Waals surface area (Å²) >= 11 is 5.74. The van der Waals surface area contributed by atoms with Gasteiger partial charge in [0.25, 0.3) is 0 Å². The molecule has 0 aliphatic rings. The van der Waals surface area contributed by atoms with Crippen molar-refractivity contribution < 1.29 is 4.74 Å². The summed E-state index contributed by atoms with van der Waals surface area (Å²) in [5.41, 5.74) is 2.14. The summed E-state index contributed by atoms with van der Waals surface area (Å²) in [6.07, 6.45) is 1.73. The zero-order valence-electron chi connectivity index (χ0n) is 10.2. The monoisotopic (exact) mass is 262 g/mol. The van der Waals surface area contributed by atoms with Crippen LogP contribution in [0.1, 0.15) is 11.1 Å². The Bertz CT molecular complexity index is 499. The standard InChI is InChI=1S/C14H15ClN2O/c1-16-9-12-4-2-3-5-13(12)18-10-11-6-7-14(15)17-8-11/h2-8,16H,9-10H2,1H3. The molecule has 0 aliphatic heterocycles. The smallest absolute Gasteiger partial charge is 0.129 e. The van der Waals surface area contributed by atoms with Crippen molar-refractivity contribution in [1.29, 1.82) is 0 Å². The second-order valence-electron chi connectivity index (χ2n) is 3.92. The molecule has 18 heavy (non-hydrogen) atoms. The summed E-state index contributed by atoms with van der Waals surface area (Å²) in [6.45, 7) is 1.28. The molecule has 1 aromatic heterocycles. The first-order chi connectivity index (χ1) is 8.79. The highest BCUT2D eigenvalue weighted by Gasteiger charge is 2.02. The van der Waals surface area contributed by atoms with Crippen molar-refractivity contribution in [3.63, 3.8) is 0 Å². The van der Waals surface area contributed by atoms with Crippen LogP contribution in [0.2, 0.25) is 5.15 Å². The fourth-order valence-corrected chi connectivity index (χ4v) is 1.75. The molecular formula is C14H15ClN2O. The van der Waals surface area contributed by atoms with E-state index in [4.69, 9.17) is 16.3 Å². The SMILES string of the molecule is CNCc1ccccc1OCc1ccc(Cl)nc1. The molecule has 0 bridgehead atoms. The molecule has 0 saturated heterocycles. The largest absolute Gasteiger partial charge is 0.489 e. The Morgan fingerprint density at radius 2 is 2.06 bits per heavy atom. The Morgan fingerprint density at radius 3 is 2.78 bits per heavy atom. The number of pyridine rings is 1. The molecule has 3 nitrogen and oxygen atoms in total. The molecule has 2 rings (SSSR count). The number of halogens is 1. The summed E-state index contributed by atoms with van der Waals surface area (Å²) < 4.78 is 5.79. The van der Waals surface area contributed by atoms with Gasteiger partial charge in [-0.2, -0.15) is 0 Å². The molecule has 94 valence electrons. The highest BCUT2D eigenvalue weighted by atomic mass is 35.5. The van der Waals surface area contributed by atoms with Crippen molar-refractivity contribution in [2.45, 2.75) is 13.2 Å². The number of benzene rings is 1. The zero-order valence-corrected chi connectivity index (χ0v) is 10.9. The Morgan fingerprint density at radius 1 is 1.22 bits per heavy atom. The van der Waals surface area contributed by atoms with Gasteiger partial charge in [-0.1, -0.05) is 35.9 Å². The summed E-state index contributed by atoms with van der Waals surface area (Å²) in [6, 6.07) is 11.7. The van der Waals surface area contributed by atoms with E-state index < -0.39 is 0 Å². The van der Waals surface area contributed by atoms with E-state index in [0.717, 1.165) is 23.4 Å². The van der Waals surface area contributed by atoms with Crippen molar-refractivity contribution in [2.24, 2.45) is 0 Å². The molecule has 0 amide bonds. The molecule has 0 radical (unpaired) electrons. The lowest BCUT2D eigenvalue weighted by Gasteiger charge is -2.11. The number of nitrogens with zero attached hydrogens (tertiary/aromatic N) is 1. The normalized spacial score (nSPS) is 10.3. The minimum absolute atomic E-state index is 0.491. The third-order valence-electron chi connectivity index (χ3n) is 2.52. The van der Waals surface area contributed by atoms with Gasteiger partial charge in [0, 0.05) is 23.9 Å². The summed E-state index contributed by atoms with van der Waals surface area (Å²) in [4.78, 5) is 4.02. The molecular weight excluding hydrogens is 248 g/mol. The highest BCUT2D eigenvalue weighted by molar-refractivity contribution is 6.29. The van der Waals surface area contributed by atoms with Crippen LogP contribution in [-0.2, 0) is 13.2 Å². The Labute approximate surface area is 112 Å². The predicted octanol–water partition coefficient (Wildman–Crippen LogP) is 3.03. The van der Waals surface area contributed by atoms with E-state index in [-0.39, 0.29) is 0 Å². The van der Waals surface area contributed by atoms with Crippen LogP contribution in [0, 0.1) is 0 Å². The molecule has 1 heterocycles. The van der Waals surface area contributed by atoms with Crippen LogP contribution in [0.3, 0.4) is 0 Å². The third-order valence-corrected chi connectivity index (χ3v) is 2.75. The maximum atomic E-state index is 5.79. The van der Waals surface area contributed by atoms with E-state index in [1.54, 1.807) is 12.3 Å². The molecule has 0 unspecified atom stereocenters. The Hall–Kier alpha value is -1.58. The van der Waals surface area contributed by atoms with Gasteiger partial charge in [0.2, 0.25) is 0 Å². The molecule has 0 fully saturated rings. The maximum absolute atomic E-state index is 5.79. The van der Waals surface area contributed by atoms with E-state index in [2.05, 4.69) is 10.3 Å². The average molecular weight is 263 g/mol. The third kappa shape index (κ3) is 3.45. The molecule has 1 N–H and O–H groups in total. The first-order valence-corrected chi connectivity index (χ1v) is 6.13. The lowest BCUT2D eigenvalue weighted by molar-refractivity contribution is 0.302. The van der Waals surface area contributed by atoms with Crippen LogP contribution < -0.4 is 10.1 Å². The van der Waals surface area contributed by atoms with E-state index in [0.29, 0.717) is 11.8 Å². The van der Waals surface area contributed by atoms with Gasteiger partial charge >= 0.3 is 0 Å². The van der Waals surface area contributed by atoms with E-state index in [1.807, 2.05) is 37.4 Å². The van der Waals surface area contributed by atoms with Gasteiger partial charge in [0.1, 0.15) is 17.5 Å². The topological polar surface area (TPSA) is 34.1 Å². The van der Waals surface area contributed by atoms with Crippen molar-refractivity contribution in [1.82, 2.24) is 10.3 Å². The summed E-state index contributed by atoms with van der Waals surface area (Å²) in [5.74, 6) is 0.891. The van der Waals surface area contributed by atoms with E-state index in [9.17, 15) is 0 Å². The number of para-hydroxylation sites is 1. The highest BCUT2D eigenvalue weighted by Crippen LogP contribution is 2.19. The molecule has 4 heteroatoms. The minimum Gasteiger partial charge on any atom is -0.489 e. The van der Waals surface area contributed by atoms with Crippen LogP contribution in [0.25, 0.3) is 0 Å². The number of hydrogen-bond acceptors (Lipinski definition) is 3. The summed E-state index contributed by atoms with van der Waals surface area (Å²) in [7, 11) is 1.92. The first-order valence-electron chi connectivity index (χ1n) is 5.75. The fourth-order valence-electron chi connectivity index (χ4n) is 1.63. The Kier molecular flexibility index (Phi) is 4.56. The van der Waals surface area contributed by atoms with Crippen LogP contribution in [0.15, 0.2) is 42.6 Å². The van der Waals surface area contributed by atoms with Gasteiger partial charge in [-0.15, -0.1) is 0 Å². The van der Waals surface area contributed by atoms with Gasteiger partial charge in [-0.25, -0.2) is 4.98 Å². The lowest BCUT2D eigenvalue weighted by Crippen LogP contribution is -2.07. The second kappa shape index (κ2) is 6.38. The molecule has 2 aromatic rings. The maximum Gasteiger partial charge on any atom is 0.129 e. The van der Waals surface area contributed by atoms with Crippen molar-refractivity contribution in [2.75, 3.05) is 7.05 Å². The zero-order chi connectivity index (χ0) is 12.8. The van der Waals surface area contributed by atoms with Gasteiger partial charge in [0.15, 0.2) is 0 Å². The fraction of sp³-hybridized carbons (Fsp3) is 0.214. The van der Waals surface area contributed by atoms with Crippen LogP contribution in [0.5, 0.6) is 5.75 Å². The quantitative estimate of drug-likeness (QED) is 0.841. The lowest BCUT2D eigenvalue weighted by atomic mass is 10.2. The number of ether oxygens (including phenoxy) is 1. The van der Waals surface area contributed by atoms with Crippen molar-refractivity contribution in [3.05, 3.63) is 58.9 Å². The summed E-state index contributed by atoms with van der Waals surface area (Å²) in [5, 5.41) is 3.61. The predicted molar refractivity (Wildman–Crippen MR) is 72.8 cm³/mol. The van der Waals surface area contributed by atoms with Gasteiger partial charge < -0.3 is 10.1 Å². The van der Waals surface area contributed by atoms with Crippen LogP contribution >= 0.6 is 11.6 Å². The molecule has 0 spiro atoms. The Balaban J connectivity index is 2.03. The molecule has 0 saturated carbocycles. The molecule has 0 atom stereocenters. The molecule has 1 aromatic carbocycles. The van der Waals surface area contributed by atoms with Crippen LogP contribution in [0.4, 0.5) is 0 Å². The molecule has 0 aliphatic carbocycles. The first kappa shape index (κ1) is 12.9. The van der Waals surface area contributed by atoms with E-state index in [1.165, 1.54) is 0 Å². The number of nitrogens with one attached hydrogen (secondary N) is 1. The minimum atomic E-state index is 0.491.